The van der Waals surface area contributed by atoms with Gasteiger partial charge in [-0.3, -0.25) is 5.10 Å². The van der Waals surface area contributed by atoms with Gasteiger partial charge in [-0.2, -0.15) is 5.10 Å². The number of nitrogens with one attached hydrogen (secondary N) is 3. The highest BCUT2D eigenvalue weighted by Crippen LogP contribution is 2.28. The fourth-order valence-corrected chi connectivity index (χ4v) is 3.91. The fraction of sp³-hybridized carbons (Fsp3) is 0.333. The fourth-order valence-electron chi connectivity index (χ4n) is 3.91. The van der Waals surface area contributed by atoms with Crippen LogP contribution >= 0.6 is 0 Å². The Bertz CT molecular complexity index is 907. The Morgan fingerprint density at radius 2 is 2.07 bits per heavy atom. The van der Waals surface area contributed by atoms with Crippen LogP contribution in [0.3, 0.4) is 0 Å². The van der Waals surface area contributed by atoms with Gasteiger partial charge in [-0.05, 0) is 50.2 Å². The standard InChI is InChI=1S/C21H25N5O/c1-26-12-6-5-9-19(26)20(15-7-3-2-4-8-15)24-21(27)23-17-11-10-16-14-22-25-18(16)13-17/h2-4,7-8,10-11,13-14,19-20H,5-6,9,12H2,1H3,(H,22,25)(H2,23,24,27)/t19-,20+/m1/s1. The number of benzene rings is 2. The first-order chi connectivity index (χ1) is 13.2. The topological polar surface area (TPSA) is 73.1 Å². The number of H-pyrrole nitrogens is 1. The molecule has 1 aliphatic heterocycles. The molecule has 6 heteroatoms. The molecule has 2 amide bonds. The lowest BCUT2D eigenvalue weighted by molar-refractivity contribution is 0.147. The van der Waals surface area contributed by atoms with Crippen molar-refractivity contribution in [2.24, 2.45) is 0 Å². The SMILES string of the molecule is CN1CCCC[C@@H]1[C@@H](NC(=O)Nc1ccc2cn[nH]c2c1)c1ccccc1. The smallest absolute Gasteiger partial charge is 0.319 e. The van der Waals surface area contributed by atoms with Crippen LogP contribution in [0.5, 0.6) is 0 Å². The minimum Gasteiger partial charge on any atom is -0.329 e. The van der Waals surface area contributed by atoms with Gasteiger partial charge in [0, 0.05) is 17.1 Å². The summed E-state index contributed by atoms with van der Waals surface area (Å²) in [6, 6.07) is 16.0. The largest absolute Gasteiger partial charge is 0.329 e. The number of rotatable bonds is 4. The molecule has 2 heterocycles. The summed E-state index contributed by atoms with van der Waals surface area (Å²) in [6.45, 7) is 1.06. The molecule has 3 N–H and O–H groups in total. The molecule has 2 atom stereocenters. The van der Waals surface area contributed by atoms with E-state index in [1.54, 1.807) is 6.20 Å². The average molecular weight is 363 g/mol. The van der Waals surface area contributed by atoms with Gasteiger partial charge in [-0.15, -0.1) is 0 Å². The summed E-state index contributed by atoms with van der Waals surface area (Å²) in [5.41, 5.74) is 2.78. The molecule has 6 nitrogen and oxygen atoms in total. The van der Waals surface area contributed by atoms with E-state index in [0.717, 1.165) is 35.1 Å². The van der Waals surface area contributed by atoms with Crippen LogP contribution in [0.2, 0.25) is 0 Å². The third kappa shape index (κ3) is 3.95. The van der Waals surface area contributed by atoms with Gasteiger partial charge in [0.1, 0.15) is 0 Å². The van der Waals surface area contributed by atoms with Crippen molar-refractivity contribution in [3.05, 3.63) is 60.3 Å². The first kappa shape index (κ1) is 17.5. The number of piperidine rings is 1. The van der Waals surface area contributed by atoms with Crippen LogP contribution in [0.15, 0.2) is 54.7 Å². The average Bonchev–Trinajstić information content (AvgIpc) is 3.15. The molecule has 0 unspecified atom stereocenters. The molecule has 0 saturated carbocycles. The third-order valence-electron chi connectivity index (χ3n) is 5.36. The maximum atomic E-state index is 12.8. The van der Waals surface area contributed by atoms with Crippen LogP contribution in [0.25, 0.3) is 10.9 Å². The van der Waals surface area contributed by atoms with Crippen LogP contribution < -0.4 is 10.6 Å². The van der Waals surface area contributed by atoms with Gasteiger partial charge < -0.3 is 15.5 Å². The van der Waals surface area contributed by atoms with Crippen LogP contribution in [0.4, 0.5) is 10.5 Å². The summed E-state index contributed by atoms with van der Waals surface area (Å²) in [7, 11) is 2.14. The Kier molecular flexibility index (Phi) is 5.07. The molecule has 2 aromatic carbocycles. The van der Waals surface area contributed by atoms with E-state index in [4.69, 9.17) is 0 Å². The Morgan fingerprint density at radius 3 is 2.89 bits per heavy atom. The van der Waals surface area contributed by atoms with E-state index < -0.39 is 0 Å². The summed E-state index contributed by atoms with van der Waals surface area (Å²) < 4.78 is 0. The number of anilines is 1. The highest BCUT2D eigenvalue weighted by Gasteiger charge is 2.30. The zero-order chi connectivity index (χ0) is 18.6. The van der Waals surface area contributed by atoms with Gasteiger partial charge >= 0.3 is 6.03 Å². The van der Waals surface area contributed by atoms with Crippen LogP contribution in [0, 0.1) is 0 Å². The van der Waals surface area contributed by atoms with Crippen molar-refractivity contribution in [1.82, 2.24) is 20.4 Å². The van der Waals surface area contributed by atoms with Crippen LogP contribution in [0.1, 0.15) is 30.9 Å². The summed E-state index contributed by atoms with van der Waals surface area (Å²) in [5.74, 6) is 0. The monoisotopic (exact) mass is 363 g/mol. The normalized spacial score (nSPS) is 18.9. The molecule has 1 saturated heterocycles. The Hall–Kier alpha value is -2.86. The second-order valence-electron chi connectivity index (χ2n) is 7.20. The van der Waals surface area contributed by atoms with Crippen molar-refractivity contribution in [1.29, 1.82) is 0 Å². The van der Waals surface area contributed by atoms with Crippen molar-refractivity contribution >= 4 is 22.6 Å². The van der Waals surface area contributed by atoms with Gasteiger partial charge in [0.2, 0.25) is 0 Å². The van der Waals surface area contributed by atoms with E-state index >= 15 is 0 Å². The van der Waals surface area contributed by atoms with Crippen molar-refractivity contribution in [3.63, 3.8) is 0 Å². The Labute approximate surface area is 159 Å². The summed E-state index contributed by atoms with van der Waals surface area (Å²) >= 11 is 0. The molecule has 0 radical (unpaired) electrons. The molecular weight excluding hydrogens is 338 g/mol. The number of likely N-dealkylation sites (N-methyl/N-ethyl adjacent to an activating group) is 1. The zero-order valence-corrected chi connectivity index (χ0v) is 15.5. The molecule has 0 aliphatic carbocycles. The third-order valence-corrected chi connectivity index (χ3v) is 5.36. The van der Waals surface area contributed by atoms with E-state index in [1.807, 2.05) is 36.4 Å². The molecule has 1 fully saturated rings. The van der Waals surface area contributed by atoms with E-state index in [1.165, 1.54) is 12.8 Å². The number of carbonyl (C=O) groups is 1. The van der Waals surface area contributed by atoms with Crippen molar-refractivity contribution in [3.8, 4) is 0 Å². The molecule has 3 aromatic rings. The number of hydrogen-bond acceptors (Lipinski definition) is 3. The molecule has 4 rings (SSSR count). The first-order valence-electron chi connectivity index (χ1n) is 9.46. The summed E-state index contributed by atoms with van der Waals surface area (Å²) in [4.78, 5) is 15.1. The maximum Gasteiger partial charge on any atom is 0.319 e. The van der Waals surface area contributed by atoms with Crippen molar-refractivity contribution in [2.45, 2.75) is 31.3 Å². The highest BCUT2D eigenvalue weighted by molar-refractivity contribution is 5.92. The number of aromatic amines is 1. The number of amides is 2. The number of nitrogens with zero attached hydrogens (tertiary/aromatic N) is 2. The molecule has 27 heavy (non-hydrogen) atoms. The number of urea groups is 1. The van der Waals surface area contributed by atoms with E-state index in [0.29, 0.717) is 6.04 Å². The molecule has 0 spiro atoms. The lowest BCUT2D eigenvalue weighted by Gasteiger charge is -2.38. The zero-order valence-electron chi connectivity index (χ0n) is 15.5. The second-order valence-corrected chi connectivity index (χ2v) is 7.20. The van der Waals surface area contributed by atoms with Gasteiger partial charge in [0.25, 0.3) is 0 Å². The number of carbonyl (C=O) groups excluding carboxylic acids is 1. The van der Waals surface area contributed by atoms with Crippen molar-refractivity contribution < 1.29 is 4.79 Å². The maximum absolute atomic E-state index is 12.8. The highest BCUT2D eigenvalue weighted by atomic mass is 16.2. The summed E-state index contributed by atoms with van der Waals surface area (Å²) in [6.07, 6.45) is 5.25. The lowest BCUT2D eigenvalue weighted by Crippen LogP contribution is -2.47. The Balaban J connectivity index is 1.52. The molecule has 140 valence electrons. The molecule has 1 aromatic heterocycles. The molecule has 0 bridgehead atoms. The van der Waals surface area contributed by atoms with Gasteiger partial charge in [-0.25, -0.2) is 4.79 Å². The van der Waals surface area contributed by atoms with Crippen LogP contribution in [-0.4, -0.2) is 40.8 Å². The number of fused-ring (bicyclic) bond motifs is 1. The van der Waals surface area contributed by atoms with Gasteiger partial charge in [0.15, 0.2) is 0 Å². The van der Waals surface area contributed by atoms with Crippen molar-refractivity contribution in [2.75, 3.05) is 18.9 Å². The first-order valence-corrected chi connectivity index (χ1v) is 9.46. The minimum absolute atomic E-state index is 0.0487. The number of aromatic nitrogens is 2. The van der Waals surface area contributed by atoms with Gasteiger partial charge in [-0.1, -0.05) is 36.8 Å². The Morgan fingerprint density at radius 1 is 1.22 bits per heavy atom. The van der Waals surface area contributed by atoms with Gasteiger partial charge in [0.05, 0.1) is 17.8 Å². The number of likely N-dealkylation sites (tertiary alicyclic amines) is 1. The van der Waals surface area contributed by atoms with E-state index in [9.17, 15) is 4.79 Å². The van der Waals surface area contributed by atoms with E-state index in [2.05, 4.69) is 44.9 Å². The second kappa shape index (κ2) is 7.80. The predicted octanol–water partition coefficient (Wildman–Crippen LogP) is 3.91. The molecular formula is C21H25N5O. The molecule has 1 aliphatic rings. The quantitative estimate of drug-likeness (QED) is 0.658. The predicted molar refractivity (Wildman–Crippen MR) is 108 cm³/mol. The lowest BCUT2D eigenvalue weighted by atomic mass is 9.91. The van der Waals surface area contributed by atoms with E-state index in [-0.39, 0.29) is 12.1 Å². The van der Waals surface area contributed by atoms with Crippen LogP contribution in [-0.2, 0) is 0 Å². The minimum atomic E-state index is -0.193. The number of hydrogen-bond donors (Lipinski definition) is 3. The summed E-state index contributed by atoms with van der Waals surface area (Å²) in [5, 5.41) is 14.1.